The third kappa shape index (κ3) is 2.97. The van der Waals surface area contributed by atoms with Crippen LogP contribution in [0.2, 0.25) is 10.2 Å². The average molecular weight is 430 g/mol. The van der Waals surface area contributed by atoms with Gasteiger partial charge in [0, 0.05) is 22.9 Å². The molecule has 1 aliphatic carbocycles. The van der Waals surface area contributed by atoms with E-state index in [2.05, 4.69) is 38.7 Å². The Morgan fingerprint density at radius 1 is 1.17 bits per heavy atom. The molecule has 0 atom stereocenters. The van der Waals surface area contributed by atoms with E-state index in [-0.39, 0.29) is 28.9 Å². The highest BCUT2D eigenvalue weighted by Crippen LogP contribution is 2.59. The van der Waals surface area contributed by atoms with Gasteiger partial charge in [-0.25, -0.2) is 4.98 Å². The van der Waals surface area contributed by atoms with Crippen molar-refractivity contribution < 1.29 is 9.53 Å². The molecule has 2 heterocycles. The van der Waals surface area contributed by atoms with Crippen molar-refractivity contribution in [3.63, 3.8) is 0 Å². The number of fused-ring (bicyclic) bond motifs is 1. The van der Waals surface area contributed by atoms with E-state index in [1.807, 2.05) is 4.90 Å². The minimum absolute atomic E-state index is 0.0183. The minimum Gasteiger partial charge on any atom is -0.489 e. The van der Waals surface area contributed by atoms with Crippen molar-refractivity contribution in [2.75, 3.05) is 0 Å². The summed E-state index contributed by atoms with van der Waals surface area (Å²) < 4.78 is 6.31. The molecule has 29 heavy (non-hydrogen) atoms. The Morgan fingerprint density at radius 3 is 2.48 bits per heavy atom. The second-order valence-corrected chi connectivity index (χ2v) is 9.65. The zero-order valence-electron chi connectivity index (χ0n) is 16.7. The van der Waals surface area contributed by atoms with Gasteiger partial charge in [-0.15, -0.1) is 0 Å². The van der Waals surface area contributed by atoms with Gasteiger partial charge in [0.1, 0.15) is 23.1 Å². The molecule has 1 aliphatic heterocycles. The van der Waals surface area contributed by atoms with Crippen LogP contribution in [0.25, 0.3) is 0 Å². The van der Waals surface area contributed by atoms with E-state index < -0.39 is 0 Å². The van der Waals surface area contributed by atoms with Crippen LogP contribution >= 0.6 is 23.2 Å². The molecule has 2 aromatic rings. The summed E-state index contributed by atoms with van der Waals surface area (Å²) in [6, 6.07) is 10.5. The number of benzene rings is 1. The number of nitrogens with zero attached hydrogens (tertiary/aromatic N) is 3. The van der Waals surface area contributed by atoms with Crippen LogP contribution in [-0.2, 0) is 6.54 Å². The highest BCUT2D eigenvalue weighted by Gasteiger charge is 2.67. The van der Waals surface area contributed by atoms with E-state index in [4.69, 9.17) is 33.2 Å². The van der Waals surface area contributed by atoms with Crippen LogP contribution in [0.3, 0.4) is 0 Å². The second kappa shape index (κ2) is 6.62. The first-order chi connectivity index (χ1) is 13.6. The number of amides is 1. The summed E-state index contributed by atoms with van der Waals surface area (Å²) in [7, 11) is 0. The number of carbonyl (C=O) groups is 1. The molecule has 5 nitrogen and oxygen atoms in total. The van der Waals surface area contributed by atoms with E-state index in [0.29, 0.717) is 33.6 Å². The van der Waals surface area contributed by atoms with Crippen molar-refractivity contribution in [1.82, 2.24) is 9.88 Å². The predicted molar refractivity (Wildman–Crippen MR) is 111 cm³/mol. The van der Waals surface area contributed by atoms with Crippen LogP contribution < -0.4 is 4.74 Å². The lowest BCUT2D eigenvalue weighted by molar-refractivity contribution is -0.199. The van der Waals surface area contributed by atoms with Crippen molar-refractivity contribution in [2.45, 2.75) is 46.4 Å². The topological polar surface area (TPSA) is 66.2 Å². The molecule has 1 aromatic heterocycles. The number of pyridine rings is 1. The van der Waals surface area contributed by atoms with E-state index in [9.17, 15) is 4.79 Å². The van der Waals surface area contributed by atoms with E-state index in [1.165, 1.54) is 0 Å². The number of aromatic nitrogens is 1. The highest BCUT2D eigenvalue weighted by atomic mass is 35.5. The number of carbonyl (C=O) groups excluding carboxylic acids is 1. The van der Waals surface area contributed by atoms with Gasteiger partial charge in [0.2, 0.25) is 0 Å². The van der Waals surface area contributed by atoms with Gasteiger partial charge in [-0.2, -0.15) is 5.26 Å². The van der Waals surface area contributed by atoms with Gasteiger partial charge in [-0.05, 0) is 24.3 Å². The van der Waals surface area contributed by atoms with Crippen LogP contribution in [0.4, 0.5) is 0 Å². The van der Waals surface area contributed by atoms with Crippen LogP contribution in [0.1, 0.15) is 49.3 Å². The quantitative estimate of drug-likeness (QED) is 0.636. The fourth-order valence-corrected chi connectivity index (χ4v) is 5.78. The maximum Gasteiger partial charge on any atom is 0.256 e. The molecule has 0 unspecified atom stereocenters. The molecule has 0 bridgehead atoms. The summed E-state index contributed by atoms with van der Waals surface area (Å²) in [6.07, 6.45) is -0.142. The summed E-state index contributed by atoms with van der Waals surface area (Å²) in [5, 5.41) is 9.82. The van der Waals surface area contributed by atoms with E-state index in [0.717, 1.165) is 5.69 Å². The smallest absolute Gasteiger partial charge is 0.256 e. The molecular formula is C22H21Cl2N3O2. The van der Waals surface area contributed by atoms with Crippen molar-refractivity contribution in [1.29, 1.82) is 5.26 Å². The maximum absolute atomic E-state index is 13.1. The molecule has 0 radical (unpaired) electrons. The Kier molecular flexibility index (Phi) is 4.56. The summed E-state index contributed by atoms with van der Waals surface area (Å²) in [6.45, 7) is 8.87. The zero-order chi connectivity index (χ0) is 21.1. The molecule has 1 fully saturated rings. The van der Waals surface area contributed by atoms with E-state index in [1.54, 1.807) is 30.3 Å². The highest BCUT2D eigenvalue weighted by molar-refractivity contribution is 6.31. The molecule has 2 aliphatic rings. The number of nitriles is 1. The van der Waals surface area contributed by atoms with Gasteiger partial charge in [-0.1, -0.05) is 50.9 Å². The maximum atomic E-state index is 13.1. The van der Waals surface area contributed by atoms with Gasteiger partial charge < -0.3 is 9.64 Å². The molecule has 7 heteroatoms. The predicted octanol–water partition coefficient (Wildman–Crippen LogP) is 5.10. The normalized spacial score (nSPS) is 23.9. The second-order valence-electron chi connectivity index (χ2n) is 8.86. The molecule has 0 N–H and O–H groups in total. The van der Waals surface area contributed by atoms with Gasteiger partial charge in [0.15, 0.2) is 0 Å². The Morgan fingerprint density at radius 2 is 1.86 bits per heavy atom. The van der Waals surface area contributed by atoms with Crippen LogP contribution in [-0.4, -0.2) is 27.9 Å². The lowest BCUT2D eigenvalue weighted by Crippen LogP contribution is -2.74. The number of hydrogen-bond donors (Lipinski definition) is 0. The summed E-state index contributed by atoms with van der Waals surface area (Å²) >= 11 is 12.2. The van der Waals surface area contributed by atoms with Crippen molar-refractivity contribution in [3.8, 4) is 11.8 Å². The number of halogens is 2. The third-order valence-electron chi connectivity index (χ3n) is 6.14. The monoisotopic (exact) mass is 429 g/mol. The average Bonchev–Trinajstić information content (AvgIpc) is 2.94. The van der Waals surface area contributed by atoms with Crippen molar-refractivity contribution >= 4 is 29.1 Å². The molecule has 4 rings (SSSR count). The SMILES string of the molecule is CC1(C)[C@H](Oc2ccc(C#N)c(Cl)c2)C(C)(C)[C@H]1N1Cc2nc(Cl)ccc2C1=O. The minimum atomic E-state index is -0.300. The third-order valence-corrected chi connectivity index (χ3v) is 6.66. The van der Waals surface area contributed by atoms with Gasteiger partial charge >= 0.3 is 0 Å². The lowest BCUT2D eigenvalue weighted by atomic mass is 9.49. The molecule has 1 amide bonds. The number of rotatable bonds is 3. The standard InChI is InChI=1S/C22H21Cl2N3O2/c1-21(2)19(27-11-16-14(18(27)28)7-8-17(24)26-16)22(3,4)20(21)29-13-6-5-12(10-25)15(23)9-13/h5-9,19-20H,11H2,1-4H3/t19-,20-. The summed E-state index contributed by atoms with van der Waals surface area (Å²) in [4.78, 5) is 19.3. The summed E-state index contributed by atoms with van der Waals surface area (Å²) in [5.74, 6) is 0.596. The number of ether oxygens (including phenoxy) is 1. The molecule has 1 aromatic carbocycles. The fraction of sp³-hybridized carbons (Fsp3) is 0.409. The Bertz CT molecular complexity index is 1040. The van der Waals surface area contributed by atoms with Gasteiger partial charge in [0.05, 0.1) is 28.4 Å². The van der Waals surface area contributed by atoms with Crippen LogP contribution in [0, 0.1) is 22.2 Å². The number of hydrogen-bond acceptors (Lipinski definition) is 4. The fourth-order valence-electron chi connectivity index (χ4n) is 5.40. The van der Waals surface area contributed by atoms with Crippen LogP contribution in [0.5, 0.6) is 5.75 Å². The first-order valence-corrected chi connectivity index (χ1v) is 10.2. The molecule has 1 saturated carbocycles. The Balaban J connectivity index is 1.60. The largest absolute Gasteiger partial charge is 0.489 e. The van der Waals surface area contributed by atoms with E-state index >= 15 is 0 Å². The molecular weight excluding hydrogens is 409 g/mol. The summed E-state index contributed by atoms with van der Waals surface area (Å²) in [5.41, 5.74) is 1.15. The first-order valence-electron chi connectivity index (χ1n) is 9.40. The van der Waals surface area contributed by atoms with Gasteiger partial charge in [0.25, 0.3) is 5.91 Å². The van der Waals surface area contributed by atoms with Crippen molar-refractivity contribution in [3.05, 3.63) is 57.3 Å². The van der Waals surface area contributed by atoms with Gasteiger partial charge in [-0.3, -0.25) is 4.79 Å². The Labute approximate surface area is 180 Å². The Hall–Kier alpha value is -2.29. The first kappa shape index (κ1) is 20.0. The zero-order valence-corrected chi connectivity index (χ0v) is 18.2. The molecule has 0 spiro atoms. The van der Waals surface area contributed by atoms with Crippen molar-refractivity contribution in [2.24, 2.45) is 10.8 Å². The lowest BCUT2D eigenvalue weighted by Gasteiger charge is -2.65. The van der Waals surface area contributed by atoms with Crippen LogP contribution in [0.15, 0.2) is 30.3 Å². The molecule has 150 valence electrons. The molecule has 0 saturated heterocycles.